The summed E-state index contributed by atoms with van der Waals surface area (Å²) < 4.78 is 0. The maximum Gasteiger partial charge on any atom is 0.266 e. The van der Waals surface area contributed by atoms with Gasteiger partial charge in [-0.1, -0.05) is 19.3 Å². The molecule has 0 spiro atoms. The van der Waals surface area contributed by atoms with Crippen LogP contribution in [0.1, 0.15) is 32.1 Å². The lowest BCUT2D eigenvalue weighted by molar-refractivity contribution is 0.462. The van der Waals surface area contributed by atoms with Crippen LogP contribution in [0.2, 0.25) is 0 Å². The number of nitrogens with one attached hydrogen (secondary N) is 2. The Hall–Kier alpha value is -1.32. The van der Waals surface area contributed by atoms with E-state index in [1.807, 2.05) is 0 Å². The molecule has 76 valence electrons. The van der Waals surface area contributed by atoms with Gasteiger partial charge in [-0.3, -0.25) is 4.79 Å². The fourth-order valence-electron chi connectivity index (χ4n) is 1.94. The number of hydrogen-bond donors (Lipinski definition) is 2. The lowest BCUT2D eigenvalue weighted by Gasteiger charge is -2.23. The van der Waals surface area contributed by atoms with E-state index in [1.54, 1.807) is 12.3 Å². The first-order valence-corrected chi connectivity index (χ1v) is 5.16. The summed E-state index contributed by atoms with van der Waals surface area (Å²) >= 11 is 0. The number of rotatable bonds is 2. The van der Waals surface area contributed by atoms with Crippen molar-refractivity contribution in [1.82, 2.24) is 10.2 Å². The van der Waals surface area contributed by atoms with Crippen molar-refractivity contribution in [2.24, 2.45) is 0 Å². The molecule has 0 amide bonds. The van der Waals surface area contributed by atoms with Crippen LogP contribution >= 0.6 is 0 Å². The molecule has 0 unspecified atom stereocenters. The van der Waals surface area contributed by atoms with E-state index in [2.05, 4.69) is 15.5 Å². The van der Waals surface area contributed by atoms with Crippen molar-refractivity contribution < 1.29 is 0 Å². The van der Waals surface area contributed by atoms with Gasteiger partial charge in [0, 0.05) is 12.1 Å². The maximum absolute atomic E-state index is 11.0. The van der Waals surface area contributed by atoms with Gasteiger partial charge in [-0.2, -0.15) is 5.10 Å². The second-order valence-electron chi connectivity index (χ2n) is 3.81. The highest BCUT2D eigenvalue weighted by Gasteiger charge is 2.12. The van der Waals surface area contributed by atoms with Gasteiger partial charge < -0.3 is 5.32 Å². The van der Waals surface area contributed by atoms with Crippen LogP contribution in [-0.2, 0) is 0 Å². The zero-order valence-electron chi connectivity index (χ0n) is 8.12. The largest absolute Gasteiger partial charge is 0.381 e. The van der Waals surface area contributed by atoms with Crippen molar-refractivity contribution in [3.05, 3.63) is 22.6 Å². The second kappa shape index (κ2) is 4.26. The van der Waals surface area contributed by atoms with Crippen LogP contribution in [0, 0.1) is 0 Å². The normalized spacial score (nSPS) is 18.0. The summed E-state index contributed by atoms with van der Waals surface area (Å²) in [5.41, 5.74) is 0.687. The zero-order valence-corrected chi connectivity index (χ0v) is 8.12. The van der Waals surface area contributed by atoms with Gasteiger partial charge in [-0.25, -0.2) is 5.10 Å². The van der Waals surface area contributed by atoms with Gasteiger partial charge in [-0.15, -0.1) is 0 Å². The number of hydrogen-bond acceptors (Lipinski definition) is 3. The summed E-state index contributed by atoms with van der Waals surface area (Å²) in [6.45, 7) is 0. The van der Waals surface area contributed by atoms with Gasteiger partial charge >= 0.3 is 0 Å². The first kappa shape index (κ1) is 9.24. The van der Waals surface area contributed by atoms with E-state index in [1.165, 1.54) is 32.1 Å². The molecule has 1 saturated carbocycles. The van der Waals surface area contributed by atoms with E-state index in [-0.39, 0.29) is 5.56 Å². The Kier molecular flexibility index (Phi) is 2.81. The van der Waals surface area contributed by atoms with E-state index in [0.717, 1.165) is 5.69 Å². The van der Waals surface area contributed by atoms with Gasteiger partial charge in [-0.05, 0) is 12.8 Å². The maximum atomic E-state index is 11.0. The molecule has 0 bridgehead atoms. The molecule has 0 saturated heterocycles. The molecule has 1 aromatic heterocycles. The Bertz CT molecular complexity index is 341. The highest BCUT2D eigenvalue weighted by atomic mass is 16.1. The number of aromatic nitrogens is 2. The fourth-order valence-corrected chi connectivity index (χ4v) is 1.94. The highest BCUT2D eigenvalue weighted by molar-refractivity contribution is 5.39. The Morgan fingerprint density at radius 1 is 1.36 bits per heavy atom. The van der Waals surface area contributed by atoms with Gasteiger partial charge in [0.25, 0.3) is 5.56 Å². The third-order valence-corrected chi connectivity index (χ3v) is 2.64. The molecule has 2 rings (SSSR count). The number of H-pyrrole nitrogens is 1. The molecular formula is C10H15N3O. The van der Waals surface area contributed by atoms with Crippen LogP contribution in [0.3, 0.4) is 0 Å². The van der Waals surface area contributed by atoms with Crippen molar-refractivity contribution in [3.8, 4) is 0 Å². The molecule has 0 aliphatic heterocycles. The molecule has 1 aromatic rings. The third-order valence-electron chi connectivity index (χ3n) is 2.64. The van der Waals surface area contributed by atoms with Crippen molar-refractivity contribution in [2.75, 3.05) is 5.32 Å². The lowest BCUT2D eigenvalue weighted by Crippen LogP contribution is -2.23. The van der Waals surface area contributed by atoms with Crippen LogP contribution in [-0.4, -0.2) is 16.2 Å². The predicted octanol–water partition coefficient (Wildman–Crippen LogP) is 1.51. The van der Waals surface area contributed by atoms with E-state index in [9.17, 15) is 4.79 Å². The van der Waals surface area contributed by atoms with E-state index in [0.29, 0.717) is 6.04 Å². The highest BCUT2D eigenvalue weighted by Crippen LogP contribution is 2.20. The summed E-state index contributed by atoms with van der Waals surface area (Å²) in [5.74, 6) is 0. The quantitative estimate of drug-likeness (QED) is 0.748. The first-order chi connectivity index (χ1) is 6.84. The molecule has 1 aliphatic carbocycles. The van der Waals surface area contributed by atoms with Gasteiger partial charge in [0.1, 0.15) is 0 Å². The summed E-state index contributed by atoms with van der Waals surface area (Å²) in [6, 6.07) is 2.08. The molecular weight excluding hydrogens is 178 g/mol. The molecule has 1 fully saturated rings. The third kappa shape index (κ3) is 2.34. The standard InChI is InChI=1S/C10H15N3O/c14-10-6-9(7-11-13-10)12-8-4-2-1-3-5-8/h6-8H,1-5H2,(H2,12,13,14). The van der Waals surface area contributed by atoms with Crippen LogP contribution in [0.5, 0.6) is 0 Å². The summed E-state index contributed by atoms with van der Waals surface area (Å²) in [4.78, 5) is 11.0. The number of aromatic amines is 1. The Morgan fingerprint density at radius 2 is 2.14 bits per heavy atom. The lowest BCUT2D eigenvalue weighted by atomic mass is 9.95. The van der Waals surface area contributed by atoms with Gasteiger partial charge in [0.2, 0.25) is 0 Å². The monoisotopic (exact) mass is 193 g/mol. The molecule has 4 nitrogen and oxygen atoms in total. The molecule has 1 heterocycles. The molecule has 0 aromatic carbocycles. The average molecular weight is 193 g/mol. The minimum Gasteiger partial charge on any atom is -0.381 e. The van der Waals surface area contributed by atoms with Gasteiger partial charge in [0.05, 0.1) is 11.9 Å². The van der Waals surface area contributed by atoms with Crippen LogP contribution < -0.4 is 10.9 Å². The minimum absolute atomic E-state index is 0.147. The molecule has 4 heteroatoms. The molecule has 14 heavy (non-hydrogen) atoms. The van der Waals surface area contributed by atoms with Gasteiger partial charge in [0.15, 0.2) is 0 Å². The number of nitrogens with zero attached hydrogens (tertiary/aromatic N) is 1. The van der Waals surface area contributed by atoms with Crippen LogP contribution in [0.15, 0.2) is 17.1 Å². The Balaban J connectivity index is 1.99. The predicted molar refractivity (Wildman–Crippen MR) is 55.4 cm³/mol. The van der Waals surface area contributed by atoms with E-state index < -0.39 is 0 Å². The first-order valence-electron chi connectivity index (χ1n) is 5.16. The van der Waals surface area contributed by atoms with Crippen molar-refractivity contribution in [3.63, 3.8) is 0 Å². The number of anilines is 1. The molecule has 0 radical (unpaired) electrons. The average Bonchev–Trinajstić information content (AvgIpc) is 2.19. The van der Waals surface area contributed by atoms with Crippen molar-refractivity contribution in [2.45, 2.75) is 38.1 Å². The van der Waals surface area contributed by atoms with Crippen molar-refractivity contribution >= 4 is 5.69 Å². The minimum atomic E-state index is -0.147. The van der Waals surface area contributed by atoms with E-state index >= 15 is 0 Å². The molecule has 1 aliphatic rings. The Labute approximate surface area is 82.7 Å². The van der Waals surface area contributed by atoms with E-state index in [4.69, 9.17) is 0 Å². The van der Waals surface area contributed by atoms with Crippen LogP contribution in [0.4, 0.5) is 5.69 Å². The SMILES string of the molecule is O=c1cc(NC2CCCCC2)cn[nH]1. The summed E-state index contributed by atoms with van der Waals surface area (Å²) in [5, 5.41) is 9.45. The second-order valence-corrected chi connectivity index (χ2v) is 3.81. The topological polar surface area (TPSA) is 57.8 Å². The molecule has 2 N–H and O–H groups in total. The smallest absolute Gasteiger partial charge is 0.266 e. The summed E-state index contributed by atoms with van der Waals surface area (Å²) in [6.07, 6.45) is 7.98. The van der Waals surface area contributed by atoms with Crippen molar-refractivity contribution in [1.29, 1.82) is 0 Å². The molecule has 0 atom stereocenters. The summed E-state index contributed by atoms with van der Waals surface area (Å²) in [7, 11) is 0. The Morgan fingerprint density at radius 3 is 2.86 bits per heavy atom. The van der Waals surface area contributed by atoms with Crippen LogP contribution in [0.25, 0.3) is 0 Å². The fraction of sp³-hybridized carbons (Fsp3) is 0.600. The zero-order chi connectivity index (χ0) is 9.80.